The molecule has 2 nitrogen and oxygen atoms in total. The van der Waals surface area contributed by atoms with Crippen molar-refractivity contribution in [1.29, 1.82) is 0 Å². The van der Waals surface area contributed by atoms with E-state index in [-0.39, 0.29) is 17.8 Å². The van der Waals surface area contributed by atoms with Crippen molar-refractivity contribution in [1.82, 2.24) is 0 Å². The maximum Gasteiger partial charge on any atom is 0.115 e. The monoisotopic (exact) mass is 178 g/mol. The van der Waals surface area contributed by atoms with Crippen LogP contribution in [0.3, 0.4) is 0 Å². The average Bonchev–Trinajstić information content (AvgIpc) is 2.53. The van der Waals surface area contributed by atoms with Gasteiger partial charge in [-0.25, -0.2) is 0 Å². The van der Waals surface area contributed by atoms with Gasteiger partial charge in [0.25, 0.3) is 0 Å². The Morgan fingerprint density at radius 1 is 1.08 bits per heavy atom. The predicted octanol–water partition coefficient (Wildman–Crippen LogP) is 2.02. The highest BCUT2D eigenvalue weighted by Crippen LogP contribution is 2.34. The van der Waals surface area contributed by atoms with Crippen LogP contribution >= 0.6 is 0 Å². The van der Waals surface area contributed by atoms with Gasteiger partial charge in [0.05, 0.1) is 6.10 Å². The lowest BCUT2D eigenvalue weighted by Gasteiger charge is -2.14. The molecule has 1 fully saturated rings. The van der Waals surface area contributed by atoms with E-state index in [2.05, 4.69) is 0 Å². The first kappa shape index (κ1) is 8.57. The Labute approximate surface area is 77.8 Å². The Morgan fingerprint density at radius 2 is 1.77 bits per heavy atom. The normalized spacial score (nSPS) is 27.8. The molecule has 0 saturated heterocycles. The number of phenols is 1. The first-order valence-electron chi connectivity index (χ1n) is 4.74. The third kappa shape index (κ3) is 1.68. The molecule has 70 valence electrons. The van der Waals surface area contributed by atoms with Crippen molar-refractivity contribution in [3.8, 4) is 5.75 Å². The molecule has 0 aromatic heterocycles. The van der Waals surface area contributed by atoms with Gasteiger partial charge in [-0.3, -0.25) is 0 Å². The Morgan fingerprint density at radius 3 is 2.31 bits per heavy atom. The van der Waals surface area contributed by atoms with Crippen LogP contribution < -0.4 is 0 Å². The first-order chi connectivity index (χ1) is 6.27. The summed E-state index contributed by atoms with van der Waals surface area (Å²) < 4.78 is 0. The highest BCUT2D eigenvalue weighted by atomic mass is 16.3. The van der Waals surface area contributed by atoms with Crippen molar-refractivity contribution < 1.29 is 10.2 Å². The Balaban J connectivity index is 2.20. The molecule has 0 heterocycles. The summed E-state index contributed by atoms with van der Waals surface area (Å²) >= 11 is 0. The largest absolute Gasteiger partial charge is 0.508 e. The van der Waals surface area contributed by atoms with Crippen molar-refractivity contribution in [2.24, 2.45) is 0 Å². The summed E-state index contributed by atoms with van der Waals surface area (Å²) in [6.07, 6.45) is 2.88. The van der Waals surface area contributed by atoms with Crippen molar-refractivity contribution in [3.05, 3.63) is 29.8 Å². The van der Waals surface area contributed by atoms with E-state index in [1.165, 1.54) is 0 Å². The number of aliphatic hydroxyl groups excluding tert-OH is 1. The minimum Gasteiger partial charge on any atom is -0.508 e. The molecular weight excluding hydrogens is 164 g/mol. The van der Waals surface area contributed by atoms with Crippen molar-refractivity contribution >= 4 is 0 Å². The minimum absolute atomic E-state index is 0.190. The molecule has 2 rings (SSSR count). The number of phenolic OH excluding ortho intramolecular Hbond substituents is 1. The lowest BCUT2D eigenvalue weighted by atomic mass is 9.96. The van der Waals surface area contributed by atoms with Gasteiger partial charge in [-0.2, -0.15) is 0 Å². The molecule has 2 atom stereocenters. The van der Waals surface area contributed by atoms with Crippen LogP contribution in [-0.2, 0) is 0 Å². The Kier molecular flexibility index (Phi) is 2.23. The third-order valence-electron chi connectivity index (χ3n) is 2.80. The van der Waals surface area contributed by atoms with Crippen molar-refractivity contribution in [3.63, 3.8) is 0 Å². The number of benzene rings is 1. The Hall–Kier alpha value is -1.02. The van der Waals surface area contributed by atoms with E-state index in [1.54, 1.807) is 12.1 Å². The summed E-state index contributed by atoms with van der Waals surface area (Å²) in [7, 11) is 0. The fraction of sp³-hybridized carbons (Fsp3) is 0.455. The molecule has 2 N–H and O–H groups in total. The molecule has 0 spiro atoms. The second-order valence-electron chi connectivity index (χ2n) is 3.70. The fourth-order valence-corrected chi connectivity index (χ4v) is 2.05. The molecule has 0 aliphatic heterocycles. The van der Waals surface area contributed by atoms with Crippen LogP contribution in [0.1, 0.15) is 30.7 Å². The summed E-state index contributed by atoms with van der Waals surface area (Å²) in [5.74, 6) is 0.567. The first-order valence-corrected chi connectivity index (χ1v) is 4.74. The molecule has 13 heavy (non-hydrogen) atoms. The van der Waals surface area contributed by atoms with Crippen LogP contribution in [0.2, 0.25) is 0 Å². The summed E-state index contributed by atoms with van der Waals surface area (Å²) in [6.45, 7) is 0. The third-order valence-corrected chi connectivity index (χ3v) is 2.80. The number of hydrogen-bond acceptors (Lipinski definition) is 2. The molecule has 0 amide bonds. The number of aromatic hydroxyl groups is 1. The van der Waals surface area contributed by atoms with E-state index in [1.807, 2.05) is 12.1 Å². The predicted molar refractivity (Wildman–Crippen MR) is 50.7 cm³/mol. The van der Waals surface area contributed by atoms with Crippen LogP contribution in [0, 0.1) is 0 Å². The minimum atomic E-state index is -0.190. The van der Waals surface area contributed by atoms with E-state index in [9.17, 15) is 5.11 Å². The SMILES string of the molecule is Oc1ccc([C@@H]2CCC[C@H]2O)cc1. The quantitative estimate of drug-likeness (QED) is 0.690. The van der Waals surface area contributed by atoms with Gasteiger partial charge in [0.1, 0.15) is 5.75 Å². The summed E-state index contributed by atoms with van der Waals surface area (Å²) in [5, 5.41) is 18.8. The molecule has 1 aromatic carbocycles. The van der Waals surface area contributed by atoms with E-state index >= 15 is 0 Å². The topological polar surface area (TPSA) is 40.5 Å². The number of rotatable bonds is 1. The van der Waals surface area contributed by atoms with Gasteiger partial charge in [0, 0.05) is 5.92 Å². The zero-order valence-corrected chi connectivity index (χ0v) is 7.48. The summed E-state index contributed by atoms with van der Waals surface area (Å²) in [4.78, 5) is 0. The Bertz CT molecular complexity index is 279. The second kappa shape index (κ2) is 3.38. The van der Waals surface area contributed by atoms with Gasteiger partial charge in [0.2, 0.25) is 0 Å². The van der Waals surface area contributed by atoms with Crippen LogP contribution in [-0.4, -0.2) is 16.3 Å². The fourth-order valence-electron chi connectivity index (χ4n) is 2.05. The van der Waals surface area contributed by atoms with Crippen LogP contribution in [0.25, 0.3) is 0 Å². The van der Waals surface area contributed by atoms with Gasteiger partial charge in [-0.1, -0.05) is 18.6 Å². The van der Waals surface area contributed by atoms with E-state index in [4.69, 9.17) is 5.11 Å². The molecule has 2 heteroatoms. The van der Waals surface area contributed by atoms with E-state index in [0.717, 1.165) is 24.8 Å². The van der Waals surface area contributed by atoms with Crippen LogP contribution in [0.5, 0.6) is 5.75 Å². The molecule has 1 aromatic rings. The number of aliphatic hydroxyl groups is 1. The van der Waals surface area contributed by atoms with Gasteiger partial charge in [-0.15, -0.1) is 0 Å². The highest BCUT2D eigenvalue weighted by molar-refractivity contribution is 5.29. The van der Waals surface area contributed by atoms with Crippen LogP contribution in [0.15, 0.2) is 24.3 Å². The zero-order chi connectivity index (χ0) is 9.26. The standard InChI is InChI=1S/C11H14O2/c12-9-6-4-8(5-7-9)10-2-1-3-11(10)13/h4-7,10-13H,1-3H2/t10-,11+/m0/s1. The van der Waals surface area contributed by atoms with E-state index < -0.39 is 0 Å². The summed E-state index contributed by atoms with van der Waals surface area (Å²) in [5.41, 5.74) is 1.14. The lowest BCUT2D eigenvalue weighted by molar-refractivity contribution is 0.164. The molecule has 1 aliphatic carbocycles. The zero-order valence-electron chi connectivity index (χ0n) is 7.48. The van der Waals surface area contributed by atoms with E-state index in [0.29, 0.717) is 0 Å². The lowest BCUT2D eigenvalue weighted by Crippen LogP contribution is -2.10. The van der Waals surface area contributed by atoms with Gasteiger partial charge in [0.15, 0.2) is 0 Å². The molecule has 0 bridgehead atoms. The van der Waals surface area contributed by atoms with Crippen molar-refractivity contribution in [2.75, 3.05) is 0 Å². The molecule has 0 radical (unpaired) electrons. The van der Waals surface area contributed by atoms with Crippen LogP contribution in [0.4, 0.5) is 0 Å². The van der Waals surface area contributed by atoms with Gasteiger partial charge < -0.3 is 10.2 Å². The average molecular weight is 178 g/mol. The maximum atomic E-state index is 9.65. The second-order valence-corrected chi connectivity index (χ2v) is 3.70. The van der Waals surface area contributed by atoms with Crippen molar-refractivity contribution in [2.45, 2.75) is 31.3 Å². The summed E-state index contributed by atoms with van der Waals surface area (Å²) in [6, 6.07) is 7.16. The van der Waals surface area contributed by atoms with Gasteiger partial charge in [-0.05, 0) is 30.5 Å². The highest BCUT2D eigenvalue weighted by Gasteiger charge is 2.26. The molecular formula is C11H14O2. The molecule has 1 saturated carbocycles. The van der Waals surface area contributed by atoms with Gasteiger partial charge >= 0.3 is 0 Å². The smallest absolute Gasteiger partial charge is 0.115 e. The maximum absolute atomic E-state index is 9.65. The molecule has 1 aliphatic rings. The molecule has 0 unspecified atom stereocenters. The number of hydrogen-bond donors (Lipinski definition) is 2.